The number of nitriles is 1. The van der Waals surface area contributed by atoms with E-state index in [4.69, 9.17) is 5.26 Å². The van der Waals surface area contributed by atoms with Gasteiger partial charge in [-0.25, -0.2) is 0 Å². The van der Waals surface area contributed by atoms with Crippen LogP contribution in [0.25, 0.3) is 0 Å². The fourth-order valence-corrected chi connectivity index (χ4v) is 1.93. The predicted octanol–water partition coefficient (Wildman–Crippen LogP) is 3.40. The van der Waals surface area contributed by atoms with Gasteiger partial charge >= 0.3 is 0 Å². The van der Waals surface area contributed by atoms with Crippen LogP contribution in [-0.2, 0) is 4.79 Å². The SMILES string of the molecule is CCCCC(CCC)NC(=O)C(C#N)CCC. The molecule has 0 saturated carbocycles. The zero-order valence-corrected chi connectivity index (χ0v) is 11.5. The van der Waals surface area contributed by atoms with Crippen LogP contribution in [0.1, 0.15) is 65.7 Å². The Morgan fingerprint density at radius 1 is 1.12 bits per heavy atom. The van der Waals surface area contributed by atoms with Gasteiger partial charge in [-0.15, -0.1) is 0 Å². The van der Waals surface area contributed by atoms with Gasteiger partial charge in [0, 0.05) is 6.04 Å². The molecule has 1 amide bonds. The van der Waals surface area contributed by atoms with Crippen LogP contribution in [-0.4, -0.2) is 11.9 Å². The average Bonchev–Trinajstić information content (AvgIpc) is 2.33. The Hall–Kier alpha value is -1.04. The molecule has 0 fully saturated rings. The Morgan fingerprint density at radius 2 is 1.76 bits per heavy atom. The van der Waals surface area contributed by atoms with Gasteiger partial charge in [0.15, 0.2) is 0 Å². The molecule has 3 heteroatoms. The molecule has 17 heavy (non-hydrogen) atoms. The minimum atomic E-state index is -0.471. The molecule has 0 aromatic rings. The Kier molecular flexibility index (Phi) is 9.52. The van der Waals surface area contributed by atoms with E-state index < -0.39 is 5.92 Å². The number of unbranched alkanes of at least 4 members (excludes halogenated alkanes) is 1. The first kappa shape index (κ1) is 16.0. The highest BCUT2D eigenvalue weighted by Gasteiger charge is 2.19. The molecule has 1 N–H and O–H groups in total. The first-order valence-electron chi connectivity index (χ1n) is 6.89. The Bertz CT molecular complexity index is 245. The Labute approximate surface area is 106 Å². The molecule has 98 valence electrons. The predicted molar refractivity (Wildman–Crippen MR) is 70.4 cm³/mol. The van der Waals surface area contributed by atoms with Crippen molar-refractivity contribution in [2.45, 2.75) is 71.8 Å². The lowest BCUT2D eigenvalue weighted by Gasteiger charge is -2.19. The van der Waals surface area contributed by atoms with E-state index in [1.807, 2.05) is 6.92 Å². The summed E-state index contributed by atoms with van der Waals surface area (Å²) in [4.78, 5) is 11.9. The van der Waals surface area contributed by atoms with Crippen LogP contribution in [0.2, 0.25) is 0 Å². The largest absolute Gasteiger partial charge is 0.352 e. The van der Waals surface area contributed by atoms with E-state index in [0.717, 1.165) is 38.5 Å². The molecule has 0 bridgehead atoms. The van der Waals surface area contributed by atoms with Crippen LogP contribution in [0.5, 0.6) is 0 Å². The van der Waals surface area contributed by atoms with E-state index in [1.54, 1.807) is 0 Å². The van der Waals surface area contributed by atoms with Crippen molar-refractivity contribution in [1.82, 2.24) is 5.32 Å². The molecule has 0 saturated heterocycles. The lowest BCUT2D eigenvalue weighted by atomic mass is 10.0. The second-order valence-electron chi connectivity index (χ2n) is 4.61. The van der Waals surface area contributed by atoms with Crippen LogP contribution < -0.4 is 5.32 Å². The normalized spacial score (nSPS) is 13.8. The van der Waals surface area contributed by atoms with E-state index in [9.17, 15) is 4.79 Å². The summed E-state index contributed by atoms with van der Waals surface area (Å²) >= 11 is 0. The maximum Gasteiger partial charge on any atom is 0.237 e. The quantitative estimate of drug-likeness (QED) is 0.669. The summed E-state index contributed by atoms with van der Waals surface area (Å²) in [5, 5.41) is 12.0. The van der Waals surface area contributed by atoms with Gasteiger partial charge < -0.3 is 5.32 Å². The van der Waals surface area contributed by atoms with Gasteiger partial charge in [0.1, 0.15) is 5.92 Å². The number of carbonyl (C=O) groups excluding carboxylic acids is 1. The standard InChI is InChI=1S/C14H26N2O/c1-4-7-10-13(9-6-3)16-14(17)12(11-15)8-5-2/h12-13H,4-10H2,1-3H3,(H,16,17). The summed E-state index contributed by atoms with van der Waals surface area (Å²) in [5.74, 6) is -0.551. The molecule has 2 unspecified atom stereocenters. The first-order chi connectivity index (χ1) is 8.19. The molecule has 0 radical (unpaired) electrons. The summed E-state index contributed by atoms with van der Waals surface area (Å²) in [5.41, 5.74) is 0. The average molecular weight is 238 g/mol. The lowest BCUT2D eigenvalue weighted by molar-refractivity contribution is -0.124. The minimum Gasteiger partial charge on any atom is -0.352 e. The van der Waals surface area contributed by atoms with Crippen molar-refractivity contribution in [3.63, 3.8) is 0 Å². The highest BCUT2D eigenvalue weighted by atomic mass is 16.1. The van der Waals surface area contributed by atoms with Crippen LogP contribution in [0, 0.1) is 17.2 Å². The fourth-order valence-electron chi connectivity index (χ4n) is 1.93. The van der Waals surface area contributed by atoms with E-state index in [1.165, 1.54) is 0 Å². The zero-order chi connectivity index (χ0) is 13.1. The van der Waals surface area contributed by atoms with Crippen molar-refractivity contribution in [2.24, 2.45) is 5.92 Å². The summed E-state index contributed by atoms with van der Waals surface area (Å²) in [6.45, 7) is 6.27. The van der Waals surface area contributed by atoms with Crippen LogP contribution in [0.15, 0.2) is 0 Å². The first-order valence-corrected chi connectivity index (χ1v) is 6.89. The summed E-state index contributed by atoms with van der Waals surface area (Å²) in [6, 6.07) is 2.34. The minimum absolute atomic E-state index is 0.0797. The number of nitrogens with zero attached hydrogens (tertiary/aromatic N) is 1. The Morgan fingerprint density at radius 3 is 2.24 bits per heavy atom. The maximum atomic E-state index is 11.9. The third-order valence-electron chi connectivity index (χ3n) is 2.94. The molecule has 0 aromatic heterocycles. The number of amides is 1. The van der Waals surface area contributed by atoms with Gasteiger partial charge in [0.05, 0.1) is 6.07 Å². The van der Waals surface area contributed by atoms with Crippen LogP contribution in [0.4, 0.5) is 0 Å². The lowest BCUT2D eigenvalue weighted by Crippen LogP contribution is -2.38. The monoisotopic (exact) mass is 238 g/mol. The molecule has 3 nitrogen and oxygen atoms in total. The second kappa shape index (κ2) is 10.1. The second-order valence-corrected chi connectivity index (χ2v) is 4.61. The van der Waals surface area contributed by atoms with E-state index in [2.05, 4.69) is 25.2 Å². The number of hydrogen-bond acceptors (Lipinski definition) is 2. The highest BCUT2D eigenvalue weighted by molar-refractivity contribution is 5.81. The third kappa shape index (κ3) is 6.99. The van der Waals surface area contributed by atoms with Gasteiger partial charge in [0.2, 0.25) is 5.91 Å². The zero-order valence-electron chi connectivity index (χ0n) is 11.5. The van der Waals surface area contributed by atoms with E-state index in [0.29, 0.717) is 6.42 Å². The molecule has 0 aliphatic carbocycles. The van der Waals surface area contributed by atoms with E-state index >= 15 is 0 Å². The van der Waals surface area contributed by atoms with Crippen molar-refractivity contribution in [3.05, 3.63) is 0 Å². The topological polar surface area (TPSA) is 52.9 Å². The smallest absolute Gasteiger partial charge is 0.237 e. The van der Waals surface area contributed by atoms with Crippen LogP contribution >= 0.6 is 0 Å². The molecule has 0 aromatic carbocycles. The van der Waals surface area contributed by atoms with Gasteiger partial charge in [-0.3, -0.25) is 4.79 Å². The number of rotatable bonds is 9. The number of nitrogens with one attached hydrogen (secondary N) is 1. The fraction of sp³-hybridized carbons (Fsp3) is 0.857. The van der Waals surface area contributed by atoms with Crippen molar-refractivity contribution < 1.29 is 4.79 Å². The summed E-state index contributed by atoms with van der Waals surface area (Å²) in [6.07, 6.45) is 6.92. The number of hydrogen-bond donors (Lipinski definition) is 1. The van der Waals surface area contributed by atoms with Gasteiger partial charge in [-0.05, 0) is 19.3 Å². The molecular formula is C14H26N2O. The summed E-state index contributed by atoms with van der Waals surface area (Å²) < 4.78 is 0. The molecule has 0 aliphatic heterocycles. The molecule has 0 heterocycles. The van der Waals surface area contributed by atoms with Gasteiger partial charge in [-0.1, -0.05) is 46.5 Å². The summed E-state index contributed by atoms with van der Waals surface area (Å²) in [7, 11) is 0. The molecule has 0 aliphatic rings. The van der Waals surface area contributed by atoms with E-state index in [-0.39, 0.29) is 11.9 Å². The Balaban J connectivity index is 4.22. The molecule has 0 rings (SSSR count). The molecule has 0 spiro atoms. The van der Waals surface area contributed by atoms with Crippen molar-refractivity contribution in [3.8, 4) is 6.07 Å². The molecular weight excluding hydrogens is 212 g/mol. The molecule has 2 atom stereocenters. The maximum absolute atomic E-state index is 11.9. The highest BCUT2D eigenvalue weighted by Crippen LogP contribution is 2.10. The van der Waals surface area contributed by atoms with Crippen molar-refractivity contribution in [2.75, 3.05) is 0 Å². The van der Waals surface area contributed by atoms with Gasteiger partial charge in [-0.2, -0.15) is 5.26 Å². The van der Waals surface area contributed by atoms with Crippen molar-refractivity contribution in [1.29, 1.82) is 5.26 Å². The third-order valence-corrected chi connectivity index (χ3v) is 2.94. The van der Waals surface area contributed by atoms with Crippen LogP contribution in [0.3, 0.4) is 0 Å². The number of carbonyl (C=O) groups is 1. The van der Waals surface area contributed by atoms with Crippen molar-refractivity contribution >= 4 is 5.91 Å². The van der Waals surface area contributed by atoms with Gasteiger partial charge in [0.25, 0.3) is 0 Å².